The van der Waals surface area contributed by atoms with Gasteiger partial charge in [-0.1, -0.05) is 0 Å². The van der Waals surface area contributed by atoms with Crippen LogP contribution in [0.5, 0.6) is 0 Å². The highest BCUT2D eigenvalue weighted by atomic mass is 16.5. The normalized spacial score (nSPS) is 17.1. The summed E-state index contributed by atoms with van der Waals surface area (Å²) < 4.78 is 9.62. The van der Waals surface area contributed by atoms with E-state index in [1.807, 2.05) is 0 Å². The first-order chi connectivity index (χ1) is 7.24. The molecule has 0 unspecified atom stereocenters. The lowest BCUT2D eigenvalue weighted by Gasteiger charge is -2.20. The molecule has 0 aromatic heterocycles. The maximum atomic E-state index is 11.5. The van der Waals surface area contributed by atoms with E-state index in [0.717, 1.165) is 12.8 Å². The first-order valence-electron chi connectivity index (χ1n) is 5.16. The Kier molecular flexibility index (Phi) is 5.10. The van der Waals surface area contributed by atoms with Crippen molar-refractivity contribution in [1.29, 1.82) is 0 Å². The minimum atomic E-state index is -0.303. The van der Waals surface area contributed by atoms with E-state index in [4.69, 9.17) is 4.74 Å². The molecule has 1 saturated heterocycles. The lowest BCUT2D eigenvalue weighted by atomic mass is 9.99. The van der Waals surface area contributed by atoms with Crippen molar-refractivity contribution in [3.63, 3.8) is 0 Å². The molecule has 15 heavy (non-hydrogen) atoms. The number of rotatable bonds is 4. The predicted octanol–water partition coefficient (Wildman–Crippen LogP) is 0.0923. The molecule has 0 spiro atoms. The van der Waals surface area contributed by atoms with Crippen LogP contribution in [0.2, 0.25) is 0 Å². The molecule has 0 radical (unpaired) electrons. The Bertz CT molecular complexity index is 223. The molecule has 1 fully saturated rings. The lowest BCUT2D eigenvalue weighted by Crippen LogP contribution is -2.35. The number of esters is 1. The average Bonchev–Trinajstić information content (AvgIpc) is 2.29. The zero-order chi connectivity index (χ0) is 11.1. The largest absolute Gasteiger partial charge is 0.469 e. The first-order valence-corrected chi connectivity index (χ1v) is 5.16. The minimum absolute atomic E-state index is 0.0159. The van der Waals surface area contributed by atoms with Crippen molar-refractivity contribution in [3.05, 3.63) is 0 Å². The van der Waals surface area contributed by atoms with Crippen molar-refractivity contribution in [1.82, 2.24) is 5.32 Å². The van der Waals surface area contributed by atoms with E-state index >= 15 is 0 Å². The molecule has 0 bridgehead atoms. The highest BCUT2D eigenvalue weighted by molar-refractivity contribution is 5.79. The summed E-state index contributed by atoms with van der Waals surface area (Å²) >= 11 is 0. The molecule has 5 heteroatoms. The van der Waals surface area contributed by atoms with E-state index in [2.05, 4.69) is 10.1 Å². The Morgan fingerprint density at radius 3 is 2.67 bits per heavy atom. The van der Waals surface area contributed by atoms with Gasteiger partial charge in [0.1, 0.15) is 0 Å². The van der Waals surface area contributed by atoms with Crippen LogP contribution in [0.4, 0.5) is 0 Å². The van der Waals surface area contributed by atoms with Crippen molar-refractivity contribution in [2.45, 2.75) is 19.3 Å². The number of methoxy groups -OCH3 is 1. The van der Waals surface area contributed by atoms with Crippen LogP contribution >= 0.6 is 0 Å². The summed E-state index contributed by atoms with van der Waals surface area (Å²) in [4.78, 5) is 22.3. The summed E-state index contributed by atoms with van der Waals surface area (Å²) in [7, 11) is 1.34. The van der Waals surface area contributed by atoms with Gasteiger partial charge in [-0.05, 0) is 12.8 Å². The first kappa shape index (κ1) is 12.0. The molecule has 1 aliphatic heterocycles. The van der Waals surface area contributed by atoms with Gasteiger partial charge in [-0.3, -0.25) is 9.59 Å². The van der Waals surface area contributed by atoms with Gasteiger partial charge < -0.3 is 14.8 Å². The van der Waals surface area contributed by atoms with Crippen LogP contribution < -0.4 is 5.32 Å². The smallest absolute Gasteiger partial charge is 0.307 e. The van der Waals surface area contributed by atoms with E-state index in [-0.39, 0.29) is 24.2 Å². The molecule has 1 amide bonds. The number of carbonyl (C=O) groups is 2. The fourth-order valence-corrected chi connectivity index (χ4v) is 1.49. The topological polar surface area (TPSA) is 64.6 Å². The Morgan fingerprint density at radius 1 is 1.40 bits per heavy atom. The van der Waals surface area contributed by atoms with Gasteiger partial charge in [-0.2, -0.15) is 0 Å². The van der Waals surface area contributed by atoms with Crippen molar-refractivity contribution >= 4 is 11.9 Å². The third-order valence-corrected chi connectivity index (χ3v) is 2.45. The van der Waals surface area contributed by atoms with Gasteiger partial charge in [-0.25, -0.2) is 0 Å². The zero-order valence-electron chi connectivity index (χ0n) is 8.95. The lowest BCUT2D eigenvalue weighted by molar-refractivity contribution is -0.140. The molecule has 0 aliphatic carbocycles. The minimum Gasteiger partial charge on any atom is -0.469 e. The Hall–Kier alpha value is -1.10. The summed E-state index contributed by atoms with van der Waals surface area (Å²) in [5.74, 6) is -0.249. The monoisotopic (exact) mass is 215 g/mol. The Balaban J connectivity index is 2.14. The second kappa shape index (κ2) is 6.40. The maximum Gasteiger partial charge on any atom is 0.307 e. The van der Waals surface area contributed by atoms with Gasteiger partial charge >= 0.3 is 5.97 Å². The molecule has 0 aromatic rings. The fourth-order valence-electron chi connectivity index (χ4n) is 1.49. The quantitative estimate of drug-likeness (QED) is 0.675. The summed E-state index contributed by atoms with van der Waals surface area (Å²) in [5.41, 5.74) is 0. The number of nitrogens with one attached hydrogen (secondary N) is 1. The van der Waals surface area contributed by atoms with E-state index in [1.54, 1.807) is 0 Å². The van der Waals surface area contributed by atoms with Gasteiger partial charge in [0, 0.05) is 25.7 Å². The van der Waals surface area contributed by atoms with Crippen LogP contribution in [0.25, 0.3) is 0 Å². The molecule has 0 saturated carbocycles. The number of amides is 1. The van der Waals surface area contributed by atoms with Crippen LogP contribution in [0.15, 0.2) is 0 Å². The van der Waals surface area contributed by atoms with Crippen molar-refractivity contribution in [3.8, 4) is 0 Å². The van der Waals surface area contributed by atoms with Crippen molar-refractivity contribution in [2.75, 3.05) is 26.9 Å². The SMILES string of the molecule is COC(=O)CCNC(=O)C1CCOCC1. The number of hydrogen-bond donors (Lipinski definition) is 1. The van der Waals surface area contributed by atoms with E-state index in [1.165, 1.54) is 7.11 Å². The van der Waals surface area contributed by atoms with Gasteiger partial charge in [0.25, 0.3) is 0 Å². The van der Waals surface area contributed by atoms with Crippen molar-refractivity contribution < 1.29 is 19.1 Å². The summed E-state index contributed by atoms with van der Waals surface area (Å²) in [6, 6.07) is 0. The standard InChI is InChI=1S/C10H17NO4/c1-14-9(12)2-5-11-10(13)8-3-6-15-7-4-8/h8H,2-7H2,1H3,(H,11,13). The van der Waals surface area contributed by atoms with Gasteiger partial charge in [-0.15, -0.1) is 0 Å². The molecule has 1 aliphatic rings. The predicted molar refractivity (Wildman–Crippen MR) is 53.2 cm³/mol. The van der Waals surface area contributed by atoms with E-state index < -0.39 is 0 Å². The van der Waals surface area contributed by atoms with Crippen LogP contribution in [-0.4, -0.2) is 38.7 Å². The Labute approximate surface area is 89.1 Å². The summed E-state index contributed by atoms with van der Waals surface area (Å²) in [6.45, 7) is 1.65. The van der Waals surface area contributed by atoms with Crippen LogP contribution in [0.3, 0.4) is 0 Å². The number of hydrogen-bond acceptors (Lipinski definition) is 4. The third-order valence-electron chi connectivity index (χ3n) is 2.45. The molecule has 1 heterocycles. The summed E-state index contributed by atoms with van der Waals surface area (Å²) in [5, 5.41) is 2.72. The second-order valence-corrected chi connectivity index (χ2v) is 3.50. The van der Waals surface area contributed by atoms with E-state index in [9.17, 15) is 9.59 Å². The second-order valence-electron chi connectivity index (χ2n) is 3.50. The maximum absolute atomic E-state index is 11.5. The molecule has 0 aromatic carbocycles. The molecule has 0 atom stereocenters. The average molecular weight is 215 g/mol. The molecule has 1 rings (SSSR count). The fraction of sp³-hybridized carbons (Fsp3) is 0.800. The third kappa shape index (κ3) is 4.29. The zero-order valence-corrected chi connectivity index (χ0v) is 8.95. The highest BCUT2D eigenvalue weighted by Crippen LogP contribution is 2.14. The van der Waals surface area contributed by atoms with Crippen LogP contribution in [0, 0.1) is 5.92 Å². The van der Waals surface area contributed by atoms with Crippen molar-refractivity contribution in [2.24, 2.45) is 5.92 Å². The summed E-state index contributed by atoms with van der Waals surface area (Å²) in [6.07, 6.45) is 1.76. The van der Waals surface area contributed by atoms with Gasteiger partial charge in [0.15, 0.2) is 0 Å². The van der Waals surface area contributed by atoms with E-state index in [0.29, 0.717) is 19.8 Å². The van der Waals surface area contributed by atoms with Gasteiger partial charge in [0.2, 0.25) is 5.91 Å². The van der Waals surface area contributed by atoms with Gasteiger partial charge in [0.05, 0.1) is 13.5 Å². The number of carbonyl (C=O) groups excluding carboxylic acids is 2. The Morgan fingerprint density at radius 2 is 2.07 bits per heavy atom. The number of ether oxygens (including phenoxy) is 2. The molecule has 1 N–H and O–H groups in total. The molecular formula is C10H17NO4. The van der Waals surface area contributed by atoms with Crippen LogP contribution in [-0.2, 0) is 19.1 Å². The molecule has 5 nitrogen and oxygen atoms in total. The molecule has 86 valence electrons. The highest BCUT2D eigenvalue weighted by Gasteiger charge is 2.21. The van der Waals surface area contributed by atoms with Crippen LogP contribution in [0.1, 0.15) is 19.3 Å². The molecular weight excluding hydrogens is 198 g/mol.